The van der Waals surface area contributed by atoms with Crippen LogP contribution in [0.3, 0.4) is 0 Å². The highest BCUT2D eigenvalue weighted by atomic mass is 127. The molecule has 1 atom stereocenters. The van der Waals surface area contributed by atoms with Crippen LogP contribution in [0.2, 0.25) is 0 Å². The Hall–Kier alpha value is -0.980. The van der Waals surface area contributed by atoms with Crippen molar-refractivity contribution >= 4 is 35.6 Å². The summed E-state index contributed by atoms with van der Waals surface area (Å²) in [4.78, 5) is 6.97. The Balaban J connectivity index is 0.00000210. The molecule has 1 aromatic carbocycles. The molecule has 150 valence electrons. The summed E-state index contributed by atoms with van der Waals surface area (Å²) in [5, 5.41) is 7.21. The fourth-order valence-corrected chi connectivity index (χ4v) is 4.43. The average Bonchev–Trinajstić information content (AvgIpc) is 3.61. The van der Waals surface area contributed by atoms with Crippen LogP contribution in [-0.4, -0.2) is 32.6 Å². The number of hydrogen-bond donors (Lipinski definition) is 2. The van der Waals surface area contributed by atoms with Gasteiger partial charge in [0.05, 0.1) is 6.04 Å². The van der Waals surface area contributed by atoms with E-state index in [0.717, 1.165) is 30.3 Å². The largest absolute Gasteiger partial charge is 0.372 e. The molecule has 0 bridgehead atoms. The Morgan fingerprint density at radius 1 is 1.15 bits per heavy atom. The first kappa shape index (κ1) is 20.7. The molecule has 1 aromatic rings. The van der Waals surface area contributed by atoms with Gasteiger partial charge in [0.1, 0.15) is 0 Å². The van der Waals surface area contributed by atoms with E-state index >= 15 is 0 Å². The lowest BCUT2D eigenvalue weighted by Gasteiger charge is -2.23. The van der Waals surface area contributed by atoms with Gasteiger partial charge in [-0.05, 0) is 80.9 Å². The van der Waals surface area contributed by atoms with Gasteiger partial charge >= 0.3 is 0 Å². The third-order valence-corrected chi connectivity index (χ3v) is 6.38. The molecule has 0 amide bonds. The number of nitrogens with one attached hydrogen (secondary N) is 2. The van der Waals surface area contributed by atoms with Gasteiger partial charge in [0.25, 0.3) is 0 Å². The quantitative estimate of drug-likeness (QED) is 0.340. The highest BCUT2D eigenvalue weighted by Crippen LogP contribution is 2.48. The van der Waals surface area contributed by atoms with Crippen molar-refractivity contribution in [2.75, 3.05) is 31.6 Å². The van der Waals surface area contributed by atoms with Crippen LogP contribution in [0.15, 0.2) is 29.3 Å². The molecule has 0 aromatic heterocycles. The Labute approximate surface area is 181 Å². The minimum atomic E-state index is 0. The molecule has 5 heteroatoms. The van der Waals surface area contributed by atoms with Crippen LogP contribution in [0.1, 0.15) is 57.1 Å². The highest BCUT2D eigenvalue weighted by molar-refractivity contribution is 14.0. The summed E-state index contributed by atoms with van der Waals surface area (Å²) in [5.74, 6) is 3.75. The summed E-state index contributed by atoms with van der Waals surface area (Å²) in [7, 11) is 1.88. The van der Waals surface area contributed by atoms with E-state index in [4.69, 9.17) is 0 Å². The number of anilines is 1. The minimum Gasteiger partial charge on any atom is -0.372 e. The van der Waals surface area contributed by atoms with Crippen LogP contribution in [0.4, 0.5) is 5.69 Å². The maximum atomic E-state index is 4.47. The topological polar surface area (TPSA) is 39.7 Å². The van der Waals surface area contributed by atoms with E-state index in [2.05, 4.69) is 51.7 Å². The molecule has 3 aliphatic rings. The molecule has 0 spiro atoms. The summed E-state index contributed by atoms with van der Waals surface area (Å²) < 4.78 is 0. The summed E-state index contributed by atoms with van der Waals surface area (Å²) in [6.07, 6.45) is 8.39. The van der Waals surface area contributed by atoms with Crippen molar-refractivity contribution < 1.29 is 0 Å². The Morgan fingerprint density at radius 3 is 2.41 bits per heavy atom. The first-order valence-corrected chi connectivity index (χ1v) is 10.6. The molecule has 1 aliphatic heterocycles. The molecule has 1 heterocycles. The SMILES string of the molecule is CN=C(NCC(C1CC1)C1CC1)NC(C)c1cccc(N2CCCC2)c1.I. The standard InChI is InChI=1S/C22H34N4.HI/c1-16(19-6-5-7-20(14-19)26-12-3-4-13-26)25-22(23-2)24-15-21(17-8-9-17)18-10-11-18;/h5-7,14,16-18,21H,3-4,8-13,15H2,1-2H3,(H2,23,24,25);1H. The number of guanidine groups is 1. The lowest BCUT2D eigenvalue weighted by Crippen LogP contribution is -2.41. The molecular formula is C22H35IN4. The number of hydrogen-bond acceptors (Lipinski definition) is 2. The third-order valence-electron chi connectivity index (χ3n) is 6.38. The van der Waals surface area contributed by atoms with Crippen molar-refractivity contribution in [2.45, 2.75) is 51.5 Å². The van der Waals surface area contributed by atoms with Crippen molar-refractivity contribution in [3.63, 3.8) is 0 Å². The predicted molar refractivity (Wildman–Crippen MR) is 125 cm³/mol. The monoisotopic (exact) mass is 482 g/mol. The molecule has 1 saturated heterocycles. The number of aliphatic imine (C=N–C) groups is 1. The zero-order valence-corrected chi connectivity index (χ0v) is 19.1. The van der Waals surface area contributed by atoms with Crippen molar-refractivity contribution in [1.29, 1.82) is 0 Å². The average molecular weight is 482 g/mol. The van der Waals surface area contributed by atoms with Crippen LogP contribution in [0.25, 0.3) is 0 Å². The summed E-state index contributed by atoms with van der Waals surface area (Å²) in [5.41, 5.74) is 2.69. The van der Waals surface area contributed by atoms with Crippen molar-refractivity contribution in [2.24, 2.45) is 22.7 Å². The van der Waals surface area contributed by atoms with E-state index < -0.39 is 0 Å². The van der Waals surface area contributed by atoms with Gasteiger partial charge in [-0.15, -0.1) is 24.0 Å². The molecule has 4 nitrogen and oxygen atoms in total. The van der Waals surface area contributed by atoms with Crippen LogP contribution in [-0.2, 0) is 0 Å². The van der Waals surface area contributed by atoms with E-state index in [-0.39, 0.29) is 30.0 Å². The fraction of sp³-hybridized carbons (Fsp3) is 0.682. The van der Waals surface area contributed by atoms with E-state index in [1.54, 1.807) is 0 Å². The minimum absolute atomic E-state index is 0. The van der Waals surface area contributed by atoms with E-state index in [0.29, 0.717) is 0 Å². The summed E-state index contributed by atoms with van der Waals surface area (Å²) in [6.45, 7) is 5.70. The van der Waals surface area contributed by atoms with Gasteiger partial charge in [0.2, 0.25) is 0 Å². The third kappa shape index (κ3) is 5.52. The first-order valence-electron chi connectivity index (χ1n) is 10.6. The summed E-state index contributed by atoms with van der Waals surface area (Å²) in [6, 6.07) is 9.25. The van der Waals surface area contributed by atoms with Crippen LogP contribution in [0.5, 0.6) is 0 Å². The number of halogens is 1. The molecule has 1 unspecified atom stereocenters. The van der Waals surface area contributed by atoms with Crippen LogP contribution >= 0.6 is 24.0 Å². The van der Waals surface area contributed by atoms with Gasteiger partial charge in [-0.25, -0.2) is 0 Å². The van der Waals surface area contributed by atoms with Crippen molar-refractivity contribution in [1.82, 2.24) is 10.6 Å². The Bertz CT molecular complexity index is 621. The molecule has 27 heavy (non-hydrogen) atoms. The highest BCUT2D eigenvalue weighted by Gasteiger charge is 2.41. The Morgan fingerprint density at radius 2 is 1.81 bits per heavy atom. The predicted octanol–water partition coefficient (Wildman–Crippen LogP) is 4.57. The van der Waals surface area contributed by atoms with E-state index in [1.165, 1.54) is 62.9 Å². The molecular weight excluding hydrogens is 447 g/mol. The number of nitrogens with zero attached hydrogens (tertiary/aromatic N) is 2. The van der Waals surface area contributed by atoms with E-state index in [9.17, 15) is 0 Å². The summed E-state index contributed by atoms with van der Waals surface area (Å²) >= 11 is 0. The van der Waals surface area contributed by atoms with Crippen LogP contribution < -0.4 is 15.5 Å². The second-order valence-corrected chi connectivity index (χ2v) is 8.45. The second kappa shape index (κ2) is 9.48. The normalized spacial score (nSPS) is 21.1. The first-order chi connectivity index (χ1) is 12.7. The Kier molecular flexibility index (Phi) is 7.29. The second-order valence-electron chi connectivity index (χ2n) is 8.45. The van der Waals surface area contributed by atoms with Gasteiger partial charge in [0, 0.05) is 32.4 Å². The van der Waals surface area contributed by atoms with Gasteiger partial charge < -0.3 is 15.5 Å². The molecule has 4 rings (SSSR count). The molecule has 2 N–H and O–H groups in total. The molecule has 3 fully saturated rings. The maximum Gasteiger partial charge on any atom is 0.191 e. The molecule has 0 radical (unpaired) electrons. The molecule has 2 saturated carbocycles. The van der Waals surface area contributed by atoms with Crippen molar-refractivity contribution in [3.05, 3.63) is 29.8 Å². The van der Waals surface area contributed by atoms with Crippen molar-refractivity contribution in [3.8, 4) is 0 Å². The smallest absolute Gasteiger partial charge is 0.191 e. The van der Waals surface area contributed by atoms with Crippen LogP contribution in [0, 0.1) is 17.8 Å². The lowest BCUT2D eigenvalue weighted by atomic mass is 9.98. The van der Waals surface area contributed by atoms with Gasteiger partial charge in [-0.1, -0.05) is 12.1 Å². The number of benzene rings is 1. The fourth-order valence-electron chi connectivity index (χ4n) is 4.43. The van der Waals surface area contributed by atoms with E-state index in [1.807, 2.05) is 7.05 Å². The number of rotatable bonds is 7. The molecule has 2 aliphatic carbocycles. The van der Waals surface area contributed by atoms with Gasteiger partial charge in [-0.2, -0.15) is 0 Å². The van der Waals surface area contributed by atoms with Gasteiger partial charge in [-0.3, -0.25) is 4.99 Å². The zero-order valence-electron chi connectivity index (χ0n) is 16.8. The lowest BCUT2D eigenvalue weighted by molar-refractivity contribution is 0.399. The zero-order chi connectivity index (χ0) is 17.9. The maximum absolute atomic E-state index is 4.47. The van der Waals surface area contributed by atoms with Gasteiger partial charge in [0.15, 0.2) is 5.96 Å².